The molecule has 81 valence electrons. The summed E-state index contributed by atoms with van der Waals surface area (Å²) < 4.78 is 5.34. The first-order chi connectivity index (χ1) is 8.45. The van der Waals surface area contributed by atoms with Crippen LogP contribution in [-0.2, 0) is 0 Å². The fraction of sp³-hybridized carbons (Fsp3) is 0. The van der Waals surface area contributed by atoms with Gasteiger partial charge in [0.25, 0.3) is 0 Å². The summed E-state index contributed by atoms with van der Waals surface area (Å²) in [7, 11) is 0. The van der Waals surface area contributed by atoms with Crippen molar-refractivity contribution in [2.45, 2.75) is 0 Å². The van der Waals surface area contributed by atoms with Crippen LogP contribution in [0.2, 0.25) is 0 Å². The van der Waals surface area contributed by atoms with Crippen LogP contribution in [0.5, 0.6) is 0 Å². The zero-order valence-corrected chi connectivity index (χ0v) is 9.26. The smallest absolute Gasteiger partial charge is 0.0987 e. The second-order valence-electron chi connectivity index (χ2n) is 3.85. The second kappa shape index (κ2) is 4.30. The standard InChI is InChI=1S/C16H11O/c1-3-7-13(8-4-1)15-11-17-12-16(15)14-9-5-2-6-10-14/h1,3-12H. The van der Waals surface area contributed by atoms with E-state index < -0.39 is 0 Å². The third-order valence-electron chi connectivity index (χ3n) is 2.78. The van der Waals surface area contributed by atoms with E-state index in [0.717, 1.165) is 16.7 Å². The monoisotopic (exact) mass is 219 g/mol. The Kier molecular flexibility index (Phi) is 2.51. The molecule has 0 bridgehead atoms. The molecule has 1 nitrogen and oxygen atoms in total. The highest BCUT2D eigenvalue weighted by molar-refractivity contribution is 5.82. The maximum atomic E-state index is 5.34. The Bertz CT molecular complexity index is 540. The molecule has 1 aromatic heterocycles. The SMILES string of the molecule is [c]1ccc(-c2cocc2-c2ccccc2)cc1. The summed E-state index contributed by atoms with van der Waals surface area (Å²) in [5.41, 5.74) is 4.56. The lowest BCUT2D eigenvalue weighted by molar-refractivity contribution is 0.569. The number of hydrogen-bond acceptors (Lipinski definition) is 1. The first kappa shape index (κ1) is 9.91. The van der Waals surface area contributed by atoms with Crippen molar-refractivity contribution in [1.82, 2.24) is 0 Å². The highest BCUT2D eigenvalue weighted by Gasteiger charge is 2.08. The van der Waals surface area contributed by atoms with Crippen LogP contribution >= 0.6 is 0 Å². The first-order valence-corrected chi connectivity index (χ1v) is 5.53. The molecular formula is C16H11O. The molecule has 3 rings (SSSR count). The van der Waals surface area contributed by atoms with Crippen LogP contribution in [0.25, 0.3) is 22.3 Å². The minimum Gasteiger partial charge on any atom is -0.471 e. The van der Waals surface area contributed by atoms with Crippen LogP contribution in [0.4, 0.5) is 0 Å². The van der Waals surface area contributed by atoms with Gasteiger partial charge in [0.05, 0.1) is 12.5 Å². The number of hydrogen-bond donors (Lipinski definition) is 0. The normalized spacial score (nSPS) is 10.4. The molecule has 0 aliphatic carbocycles. The summed E-state index contributed by atoms with van der Waals surface area (Å²) in [4.78, 5) is 0. The summed E-state index contributed by atoms with van der Waals surface area (Å²) >= 11 is 0. The van der Waals surface area contributed by atoms with Gasteiger partial charge in [-0.15, -0.1) is 0 Å². The Balaban J connectivity index is 2.13. The molecule has 1 heterocycles. The molecule has 0 unspecified atom stereocenters. The fourth-order valence-corrected chi connectivity index (χ4v) is 1.93. The van der Waals surface area contributed by atoms with E-state index in [-0.39, 0.29) is 0 Å². The van der Waals surface area contributed by atoms with Crippen molar-refractivity contribution in [2.24, 2.45) is 0 Å². The Morgan fingerprint density at radius 2 is 1.29 bits per heavy atom. The van der Waals surface area contributed by atoms with E-state index in [2.05, 4.69) is 18.2 Å². The van der Waals surface area contributed by atoms with Gasteiger partial charge < -0.3 is 4.42 Å². The van der Waals surface area contributed by atoms with Crippen molar-refractivity contribution in [3.05, 3.63) is 73.2 Å². The largest absolute Gasteiger partial charge is 0.471 e. The van der Waals surface area contributed by atoms with Gasteiger partial charge in [0, 0.05) is 11.1 Å². The lowest BCUT2D eigenvalue weighted by Crippen LogP contribution is -1.79. The summed E-state index contributed by atoms with van der Waals surface area (Å²) in [5, 5.41) is 0. The van der Waals surface area contributed by atoms with E-state index >= 15 is 0 Å². The van der Waals surface area contributed by atoms with Gasteiger partial charge in [0.1, 0.15) is 0 Å². The zero-order valence-electron chi connectivity index (χ0n) is 9.26. The second-order valence-corrected chi connectivity index (χ2v) is 3.85. The number of rotatable bonds is 2. The quantitative estimate of drug-likeness (QED) is 0.622. The van der Waals surface area contributed by atoms with Gasteiger partial charge >= 0.3 is 0 Å². The minimum absolute atomic E-state index is 1.12. The van der Waals surface area contributed by atoms with Gasteiger partial charge in [-0.3, -0.25) is 0 Å². The van der Waals surface area contributed by atoms with Crippen LogP contribution in [0.15, 0.2) is 71.5 Å². The molecule has 0 fully saturated rings. The third kappa shape index (κ3) is 1.87. The van der Waals surface area contributed by atoms with Gasteiger partial charge in [-0.05, 0) is 17.2 Å². The highest BCUT2D eigenvalue weighted by Crippen LogP contribution is 2.32. The van der Waals surface area contributed by atoms with E-state index in [9.17, 15) is 0 Å². The molecule has 0 spiro atoms. The van der Waals surface area contributed by atoms with Crippen LogP contribution in [0.1, 0.15) is 0 Å². The van der Waals surface area contributed by atoms with Gasteiger partial charge in [-0.2, -0.15) is 0 Å². The van der Waals surface area contributed by atoms with Gasteiger partial charge in [0.15, 0.2) is 0 Å². The minimum atomic E-state index is 1.12. The average Bonchev–Trinajstić information content (AvgIpc) is 2.90. The zero-order chi connectivity index (χ0) is 11.5. The van der Waals surface area contributed by atoms with E-state index in [4.69, 9.17) is 4.42 Å². The van der Waals surface area contributed by atoms with E-state index in [1.165, 1.54) is 5.56 Å². The summed E-state index contributed by atoms with van der Waals surface area (Å²) in [5.74, 6) is 0. The molecule has 1 heteroatoms. The molecule has 2 aromatic carbocycles. The molecule has 0 saturated heterocycles. The first-order valence-electron chi connectivity index (χ1n) is 5.53. The molecule has 0 aliphatic heterocycles. The van der Waals surface area contributed by atoms with Crippen molar-refractivity contribution in [1.29, 1.82) is 0 Å². The topological polar surface area (TPSA) is 13.1 Å². The molecular weight excluding hydrogens is 208 g/mol. The fourth-order valence-electron chi connectivity index (χ4n) is 1.93. The van der Waals surface area contributed by atoms with E-state index in [1.807, 2.05) is 42.5 Å². The third-order valence-corrected chi connectivity index (χ3v) is 2.78. The van der Waals surface area contributed by atoms with Crippen LogP contribution < -0.4 is 0 Å². The van der Waals surface area contributed by atoms with E-state index in [0.29, 0.717) is 0 Å². The Morgan fingerprint density at radius 1 is 0.706 bits per heavy atom. The molecule has 0 amide bonds. The lowest BCUT2D eigenvalue weighted by atomic mass is 9.99. The van der Waals surface area contributed by atoms with E-state index in [1.54, 1.807) is 12.5 Å². The van der Waals surface area contributed by atoms with Crippen molar-refractivity contribution >= 4 is 0 Å². The van der Waals surface area contributed by atoms with Crippen molar-refractivity contribution in [3.8, 4) is 22.3 Å². The van der Waals surface area contributed by atoms with Crippen molar-refractivity contribution in [3.63, 3.8) is 0 Å². The average molecular weight is 219 g/mol. The maximum absolute atomic E-state index is 5.34. The molecule has 0 N–H and O–H groups in total. The number of benzene rings is 2. The van der Waals surface area contributed by atoms with Crippen LogP contribution in [0, 0.1) is 6.07 Å². The van der Waals surface area contributed by atoms with Crippen molar-refractivity contribution in [2.75, 3.05) is 0 Å². The molecule has 1 radical (unpaired) electrons. The molecule has 0 atom stereocenters. The lowest BCUT2D eigenvalue weighted by Gasteiger charge is -2.02. The molecule has 0 aliphatic rings. The predicted octanol–water partition coefficient (Wildman–Crippen LogP) is 4.41. The van der Waals surface area contributed by atoms with Crippen LogP contribution in [-0.4, -0.2) is 0 Å². The Labute approximate surface area is 100 Å². The van der Waals surface area contributed by atoms with Crippen LogP contribution in [0.3, 0.4) is 0 Å². The Morgan fingerprint density at radius 3 is 1.94 bits per heavy atom. The van der Waals surface area contributed by atoms with Gasteiger partial charge in [-0.1, -0.05) is 54.6 Å². The van der Waals surface area contributed by atoms with Gasteiger partial charge in [0.2, 0.25) is 0 Å². The van der Waals surface area contributed by atoms with Crippen molar-refractivity contribution < 1.29 is 4.42 Å². The molecule has 0 saturated carbocycles. The van der Waals surface area contributed by atoms with Gasteiger partial charge in [-0.25, -0.2) is 0 Å². The molecule has 3 aromatic rings. The predicted molar refractivity (Wildman–Crippen MR) is 68.4 cm³/mol. The summed E-state index contributed by atoms with van der Waals surface area (Å²) in [6.45, 7) is 0. The molecule has 17 heavy (non-hydrogen) atoms. The Hall–Kier alpha value is -2.28. The maximum Gasteiger partial charge on any atom is 0.0987 e. The summed E-state index contributed by atoms with van der Waals surface area (Å²) in [6, 6.07) is 21.2. The summed E-state index contributed by atoms with van der Waals surface area (Å²) in [6.07, 6.45) is 3.58. The highest BCUT2D eigenvalue weighted by atomic mass is 16.3. The number of furan rings is 1.